The number of ether oxygens (including phenoxy) is 1. The third kappa shape index (κ3) is 3.81. The van der Waals surface area contributed by atoms with Crippen LogP contribution in [0.25, 0.3) is 5.57 Å². The average Bonchev–Trinajstić information content (AvgIpc) is 2.26. The largest absolute Gasteiger partial charge is 1.00 e. The monoisotopic (exact) mass is 228 g/mol. The van der Waals surface area contributed by atoms with Crippen LogP contribution in [-0.2, 0) is 9.59 Å². The van der Waals surface area contributed by atoms with Gasteiger partial charge in [-0.15, -0.1) is 0 Å². The Morgan fingerprint density at radius 1 is 1.31 bits per heavy atom. The van der Waals surface area contributed by atoms with Gasteiger partial charge in [-0.2, -0.15) is 0 Å². The summed E-state index contributed by atoms with van der Waals surface area (Å²) in [6.07, 6.45) is 1.37. The molecule has 5 heteroatoms. The summed E-state index contributed by atoms with van der Waals surface area (Å²) in [6, 6.07) is 6.31. The third-order valence-electron chi connectivity index (χ3n) is 1.86. The van der Waals surface area contributed by atoms with Gasteiger partial charge in [-0.3, -0.25) is 4.79 Å². The van der Waals surface area contributed by atoms with Crippen LogP contribution in [0.3, 0.4) is 0 Å². The fourth-order valence-corrected chi connectivity index (χ4v) is 1.12. The first-order valence-electron chi connectivity index (χ1n) is 4.20. The van der Waals surface area contributed by atoms with Gasteiger partial charge in [0.2, 0.25) is 0 Å². The van der Waals surface area contributed by atoms with Crippen molar-refractivity contribution in [2.45, 2.75) is 0 Å². The quantitative estimate of drug-likeness (QED) is 0.313. The molecule has 1 rings (SSSR count). The summed E-state index contributed by atoms with van der Waals surface area (Å²) in [5.41, 5.74) is 0.260. The summed E-state index contributed by atoms with van der Waals surface area (Å²) in [7, 11) is 1.51. The molecule has 0 saturated carbocycles. The molecule has 0 fully saturated rings. The molecule has 78 valence electrons. The molecule has 1 aromatic carbocycles. The number of hydrogen-bond donors (Lipinski definition) is 0. The van der Waals surface area contributed by atoms with E-state index in [2.05, 4.69) is 0 Å². The molecule has 0 spiro atoms. The fraction of sp³-hybridized carbons (Fsp3) is 0.0909. The smallest absolute Gasteiger partial charge is 0.545 e. The van der Waals surface area contributed by atoms with E-state index >= 15 is 0 Å². The van der Waals surface area contributed by atoms with Crippen LogP contribution in [0.1, 0.15) is 5.56 Å². The minimum Gasteiger partial charge on any atom is -0.545 e. The zero-order chi connectivity index (χ0) is 11.3. The summed E-state index contributed by atoms with van der Waals surface area (Å²) < 4.78 is 4.92. The van der Waals surface area contributed by atoms with Crippen LogP contribution >= 0.6 is 0 Å². The number of aliphatic carboxylic acids is 1. The molecule has 0 radical (unpaired) electrons. The van der Waals surface area contributed by atoms with Gasteiger partial charge in [0.15, 0.2) is 0 Å². The van der Waals surface area contributed by atoms with Crippen LogP contribution in [-0.4, -0.2) is 19.4 Å². The van der Waals surface area contributed by atoms with Crippen molar-refractivity contribution in [3.8, 4) is 5.75 Å². The molecule has 0 N–H and O–H groups in total. The Bertz CT molecular complexity index is 395. The number of allylic oxidation sites excluding steroid dienone is 1. The molecule has 0 aliphatic heterocycles. The first kappa shape index (κ1) is 14.9. The number of rotatable bonds is 4. The van der Waals surface area contributed by atoms with Crippen molar-refractivity contribution in [3.63, 3.8) is 0 Å². The predicted molar refractivity (Wildman–Crippen MR) is 52.0 cm³/mol. The number of methoxy groups -OCH3 is 1. The van der Waals surface area contributed by atoms with Crippen molar-refractivity contribution in [3.05, 3.63) is 35.9 Å². The Kier molecular flexibility index (Phi) is 6.72. The van der Waals surface area contributed by atoms with Gasteiger partial charge < -0.3 is 14.6 Å². The first-order valence-corrected chi connectivity index (χ1v) is 4.20. The van der Waals surface area contributed by atoms with E-state index in [0.29, 0.717) is 17.6 Å². The normalized spacial score (nSPS) is 10.2. The van der Waals surface area contributed by atoms with Crippen molar-refractivity contribution in [1.29, 1.82) is 0 Å². The molecular weight excluding hydrogens is 219 g/mol. The van der Waals surface area contributed by atoms with E-state index in [0.717, 1.165) is 6.08 Å². The number of carboxylic acid groups (broad SMARTS) is 1. The maximum absolute atomic E-state index is 10.7. The van der Waals surface area contributed by atoms with Crippen LogP contribution in [0.5, 0.6) is 5.75 Å². The van der Waals surface area contributed by atoms with E-state index in [-0.39, 0.29) is 35.1 Å². The second-order valence-electron chi connectivity index (χ2n) is 2.73. The zero-order valence-electron chi connectivity index (χ0n) is 9.10. The van der Waals surface area contributed by atoms with Gasteiger partial charge in [0.05, 0.1) is 13.1 Å². The molecule has 0 amide bonds. The molecule has 0 aliphatic rings. The fourth-order valence-electron chi connectivity index (χ4n) is 1.12. The summed E-state index contributed by atoms with van der Waals surface area (Å²) in [4.78, 5) is 20.9. The summed E-state index contributed by atoms with van der Waals surface area (Å²) >= 11 is 0. The van der Waals surface area contributed by atoms with E-state index < -0.39 is 5.97 Å². The Morgan fingerprint density at radius 2 is 1.88 bits per heavy atom. The van der Waals surface area contributed by atoms with Crippen LogP contribution in [0.4, 0.5) is 0 Å². The van der Waals surface area contributed by atoms with Gasteiger partial charge in [-0.25, -0.2) is 0 Å². The van der Waals surface area contributed by atoms with Crippen LogP contribution in [0.15, 0.2) is 30.3 Å². The van der Waals surface area contributed by atoms with Gasteiger partial charge >= 0.3 is 29.6 Å². The van der Waals surface area contributed by atoms with Gasteiger partial charge in [-0.05, 0) is 23.8 Å². The number of carbonyl (C=O) groups excluding carboxylic acids is 2. The second-order valence-corrected chi connectivity index (χ2v) is 2.73. The number of carboxylic acids is 1. The Balaban J connectivity index is 0.00000225. The summed E-state index contributed by atoms with van der Waals surface area (Å²) in [6.45, 7) is 0. The zero-order valence-corrected chi connectivity index (χ0v) is 11.1. The molecule has 4 nitrogen and oxygen atoms in total. The van der Waals surface area contributed by atoms with Gasteiger partial charge in [0.25, 0.3) is 0 Å². The van der Waals surface area contributed by atoms with Gasteiger partial charge in [-0.1, -0.05) is 12.1 Å². The Morgan fingerprint density at radius 3 is 2.25 bits per heavy atom. The van der Waals surface area contributed by atoms with Gasteiger partial charge in [0.1, 0.15) is 12.0 Å². The molecule has 16 heavy (non-hydrogen) atoms. The minimum absolute atomic E-state index is 0. The van der Waals surface area contributed by atoms with Crippen molar-refractivity contribution >= 4 is 17.8 Å². The molecule has 0 unspecified atom stereocenters. The first-order chi connectivity index (χ1) is 7.19. The van der Waals surface area contributed by atoms with Crippen molar-refractivity contribution in [2.75, 3.05) is 7.11 Å². The molecular formula is C11H9NaO4. The minimum atomic E-state index is -1.38. The average molecular weight is 228 g/mol. The second kappa shape index (κ2) is 7.22. The Hall–Kier alpha value is -1.10. The molecule has 1 aromatic rings. The molecule has 0 heterocycles. The summed E-state index contributed by atoms with van der Waals surface area (Å²) in [5, 5.41) is 10.7. The number of carbonyl (C=O) groups is 2. The maximum Gasteiger partial charge on any atom is 1.00 e. The van der Waals surface area contributed by atoms with E-state index in [1.807, 2.05) is 0 Å². The SMILES string of the molecule is COc1ccc(C(=CC=O)C(=O)[O-])cc1.[Na+]. The molecule has 0 bridgehead atoms. The van der Waals surface area contributed by atoms with Crippen molar-refractivity contribution in [1.82, 2.24) is 0 Å². The van der Waals surface area contributed by atoms with E-state index in [1.54, 1.807) is 24.3 Å². The topological polar surface area (TPSA) is 66.4 Å². The van der Waals surface area contributed by atoms with E-state index in [9.17, 15) is 14.7 Å². The predicted octanol–water partition coefficient (Wildman–Crippen LogP) is -2.97. The van der Waals surface area contributed by atoms with Gasteiger partial charge in [0, 0.05) is 5.57 Å². The number of hydrogen-bond acceptors (Lipinski definition) is 4. The summed E-state index contributed by atoms with van der Waals surface area (Å²) in [5.74, 6) is -0.769. The van der Waals surface area contributed by atoms with Crippen LogP contribution in [0, 0.1) is 0 Å². The van der Waals surface area contributed by atoms with Crippen LogP contribution < -0.4 is 39.4 Å². The van der Waals surface area contributed by atoms with Crippen molar-refractivity contribution < 1.29 is 49.0 Å². The molecule has 0 aromatic heterocycles. The van der Waals surface area contributed by atoms with E-state index in [4.69, 9.17) is 4.74 Å². The third-order valence-corrected chi connectivity index (χ3v) is 1.86. The van der Waals surface area contributed by atoms with Crippen LogP contribution in [0.2, 0.25) is 0 Å². The number of aldehydes is 1. The van der Waals surface area contributed by atoms with Crippen molar-refractivity contribution in [2.24, 2.45) is 0 Å². The molecule has 0 atom stereocenters. The van der Waals surface area contributed by atoms with E-state index in [1.165, 1.54) is 7.11 Å². The Labute approximate surface area is 115 Å². The maximum atomic E-state index is 10.7. The standard InChI is InChI=1S/C11H10O4.Na/c1-15-9-4-2-8(3-5-9)10(6-7-12)11(13)14;/h2-7H,1H3,(H,13,14);/q;+1/p-1. The molecule has 0 saturated heterocycles. The molecule has 0 aliphatic carbocycles. The number of benzene rings is 1.